The molecule has 26 heavy (non-hydrogen) atoms. The number of carbonyl (C=O) groups excluding carboxylic acids is 1. The van der Waals surface area contributed by atoms with Crippen molar-refractivity contribution >= 4 is 5.91 Å². The Morgan fingerprint density at radius 1 is 1.23 bits per heavy atom. The van der Waals surface area contributed by atoms with Crippen LogP contribution in [-0.2, 0) is 0 Å². The molecule has 5 rings (SSSR count). The van der Waals surface area contributed by atoms with E-state index in [-0.39, 0.29) is 17.2 Å². The highest BCUT2D eigenvalue weighted by atomic mass is 16.2. The van der Waals surface area contributed by atoms with Gasteiger partial charge in [-0.1, -0.05) is 19.9 Å². The van der Waals surface area contributed by atoms with Crippen LogP contribution in [0.1, 0.15) is 63.6 Å². The zero-order valence-corrected chi connectivity index (χ0v) is 16.1. The second kappa shape index (κ2) is 5.71. The van der Waals surface area contributed by atoms with E-state index in [1.54, 1.807) is 17.1 Å². The highest BCUT2D eigenvalue weighted by Crippen LogP contribution is 2.65. The van der Waals surface area contributed by atoms with Crippen molar-refractivity contribution in [1.29, 1.82) is 0 Å². The van der Waals surface area contributed by atoms with Crippen LogP contribution >= 0.6 is 0 Å². The minimum atomic E-state index is 0.158. The fourth-order valence-electron chi connectivity index (χ4n) is 7.34. The molecular weight excluding hydrogens is 322 g/mol. The maximum Gasteiger partial charge on any atom is 0.235 e. The Labute approximate surface area is 156 Å². The summed E-state index contributed by atoms with van der Waals surface area (Å²) in [5.74, 6) is 2.66. The van der Waals surface area contributed by atoms with Crippen molar-refractivity contribution in [3.05, 3.63) is 30.5 Å². The molecule has 140 valence electrons. The Morgan fingerprint density at radius 2 is 2.12 bits per heavy atom. The molecule has 1 aliphatic heterocycles. The number of carbonyl (C=O) groups is 1. The molecule has 4 nitrogen and oxygen atoms in total. The number of piperidine rings is 1. The third-order valence-electron chi connectivity index (χ3n) is 8.71. The lowest BCUT2D eigenvalue weighted by atomic mass is 9.49. The van der Waals surface area contributed by atoms with Crippen LogP contribution in [0.4, 0.5) is 0 Å². The molecule has 0 spiro atoms. The second-order valence-corrected chi connectivity index (χ2v) is 9.66. The first-order chi connectivity index (χ1) is 12.5. The van der Waals surface area contributed by atoms with Crippen LogP contribution in [-0.4, -0.2) is 22.0 Å². The summed E-state index contributed by atoms with van der Waals surface area (Å²) in [6.07, 6.45) is 16.3. The van der Waals surface area contributed by atoms with E-state index in [0.717, 1.165) is 24.8 Å². The molecule has 1 aromatic rings. The molecule has 0 bridgehead atoms. The molecule has 0 unspecified atom stereocenters. The predicted molar refractivity (Wildman–Crippen MR) is 101 cm³/mol. The van der Waals surface area contributed by atoms with E-state index in [9.17, 15) is 4.79 Å². The third kappa shape index (κ3) is 2.13. The van der Waals surface area contributed by atoms with Gasteiger partial charge in [0.05, 0.1) is 0 Å². The van der Waals surface area contributed by atoms with Gasteiger partial charge in [-0.2, -0.15) is 0 Å². The summed E-state index contributed by atoms with van der Waals surface area (Å²) < 4.78 is 1.72. The van der Waals surface area contributed by atoms with Crippen LogP contribution in [0.5, 0.6) is 0 Å². The molecule has 0 aromatic carbocycles. The van der Waals surface area contributed by atoms with Crippen molar-refractivity contribution in [3.63, 3.8) is 0 Å². The van der Waals surface area contributed by atoms with Gasteiger partial charge in [0.2, 0.25) is 5.91 Å². The largest absolute Gasteiger partial charge is 0.388 e. The maximum absolute atomic E-state index is 13.1. The number of hydrogen-bond acceptors (Lipinski definition) is 3. The number of hydrogen-bond donors (Lipinski definition) is 1. The van der Waals surface area contributed by atoms with E-state index < -0.39 is 0 Å². The lowest BCUT2D eigenvalue weighted by Gasteiger charge is -2.57. The zero-order valence-electron chi connectivity index (χ0n) is 16.1. The van der Waals surface area contributed by atoms with E-state index in [2.05, 4.69) is 30.2 Å². The quantitative estimate of drug-likeness (QED) is 0.820. The standard InChI is InChI=1S/C22H31N3O/c1-21-10-8-17-15(4-7-19-22(17,2)9-3-11-24-19)16(21)5-6-18(21)20(26)25-13-12-23-14-25/h7,12-18,24H,3-6,8-11H2,1-2H3/t15-,16-,17-,18+,21-,22+/m0/s1. The Hall–Kier alpha value is -1.58. The van der Waals surface area contributed by atoms with Gasteiger partial charge < -0.3 is 5.32 Å². The number of fused-ring (bicyclic) bond motifs is 5. The molecule has 1 N–H and O–H groups in total. The molecule has 4 aliphatic rings. The topological polar surface area (TPSA) is 46.9 Å². The van der Waals surface area contributed by atoms with E-state index in [4.69, 9.17) is 0 Å². The van der Waals surface area contributed by atoms with Gasteiger partial charge in [0.1, 0.15) is 6.33 Å². The molecule has 6 atom stereocenters. The molecule has 2 saturated carbocycles. The summed E-state index contributed by atoms with van der Waals surface area (Å²) in [5, 5.41) is 3.71. The second-order valence-electron chi connectivity index (χ2n) is 9.66. The Bertz CT molecular complexity index is 739. The first-order valence-electron chi connectivity index (χ1n) is 10.5. The first-order valence-corrected chi connectivity index (χ1v) is 10.5. The summed E-state index contributed by atoms with van der Waals surface area (Å²) in [7, 11) is 0. The van der Waals surface area contributed by atoms with Gasteiger partial charge in [0, 0.05) is 36.0 Å². The maximum atomic E-state index is 13.1. The first kappa shape index (κ1) is 16.6. The smallest absolute Gasteiger partial charge is 0.235 e. The summed E-state index contributed by atoms with van der Waals surface area (Å²) in [6, 6.07) is 0. The molecule has 0 amide bonds. The monoisotopic (exact) mass is 353 g/mol. The van der Waals surface area contributed by atoms with Crippen molar-refractivity contribution in [2.45, 2.75) is 58.8 Å². The highest BCUT2D eigenvalue weighted by molar-refractivity contribution is 5.82. The summed E-state index contributed by atoms with van der Waals surface area (Å²) in [4.78, 5) is 17.2. The third-order valence-corrected chi connectivity index (χ3v) is 8.71. The molecule has 1 aromatic heterocycles. The molecule has 1 saturated heterocycles. The minimum Gasteiger partial charge on any atom is -0.388 e. The van der Waals surface area contributed by atoms with Crippen molar-refractivity contribution < 1.29 is 4.79 Å². The van der Waals surface area contributed by atoms with Crippen LogP contribution in [0.25, 0.3) is 0 Å². The van der Waals surface area contributed by atoms with Crippen molar-refractivity contribution in [2.75, 3.05) is 6.54 Å². The molecule has 2 heterocycles. The Balaban J connectivity index is 1.45. The normalized spacial score (nSPS) is 44.3. The van der Waals surface area contributed by atoms with E-state index in [1.165, 1.54) is 44.2 Å². The SMILES string of the molecule is C[C@]12CC[C@H]3[C@@H](CC=C4NCCC[C@@]43C)[C@@H]1CC[C@@H]2C(=O)n1ccnc1. The number of nitrogens with one attached hydrogen (secondary N) is 1. The Morgan fingerprint density at radius 3 is 2.92 bits per heavy atom. The lowest BCUT2D eigenvalue weighted by molar-refractivity contribution is -0.0392. The molecule has 0 radical (unpaired) electrons. The van der Waals surface area contributed by atoms with Crippen LogP contribution in [0.15, 0.2) is 30.5 Å². The van der Waals surface area contributed by atoms with Gasteiger partial charge in [-0.15, -0.1) is 0 Å². The summed E-state index contributed by atoms with van der Waals surface area (Å²) >= 11 is 0. The summed E-state index contributed by atoms with van der Waals surface area (Å²) in [6.45, 7) is 6.07. The van der Waals surface area contributed by atoms with Crippen LogP contribution in [0, 0.1) is 34.5 Å². The van der Waals surface area contributed by atoms with Crippen molar-refractivity contribution in [3.8, 4) is 0 Å². The fourth-order valence-corrected chi connectivity index (χ4v) is 7.34. The van der Waals surface area contributed by atoms with Crippen molar-refractivity contribution in [2.24, 2.45) is 34.5 Å². The van der Waals surface area contributed by atoms with Gasteiger partial charge >= 0.3 is 0 Å². The number of aromatic nitrogens is 2. The average Bonchev–Trinajstić information content (AvgIpc) is 3.28. The number of nitrogens with zero attached hydrogens (tertiary/aromatic N) is 2. The van der Waals surface area contributed by atoms with E-state index in [1.807, 2.05) is 6.20 Å². The van der Waals surface area contributed by atoms with Gasteiger partial charge in [-0.25, -0.2) is 4.98 Å². The average molecular weight is 354 g/mol. The number of allylic oxidation sites excluding steroid dienone is 2. The van der Waals surface area contributed by atoms with E-state index >= 15 is 0 Å². The predicted octanol–water partition coefficient (Wildman–Crippen LogP) is 4.26. The molecule has 4 heteroatoms. The lowest BCUT2D eigenvalue weighted by Crippen LogP contribution is -2.52. The number of imidazole rings is 1. The van der Waals surface area contributed by atoms with Crippen LogP contribution in [0.2, 0.25) is 0 Å². The fraction of sp³-hybridized carbons (Fsp3) is 0.727. The zero-order chi connectivity index (χ0) is 17.9. The van der Waals surface area contributed by atoms with Gasteiger partial charge in [0.15, 0.2) is 0 Å². The molecule has 3 fully saturated rings. The van der Waals surface area contributed by atoms with Crippen LogP contribution in [0.3, 0.4) is 0 Å². The minimum absolute atomic E-state index is 0.158. The Kier molecular flexibility index (Phi) is 3.64. The van der Waals surface area contributed by atoms with Gasteiger partial charge in [-0.3, -0.25) is 9.36 Å². The van der Waals surface area contributed by atoms with Crippen LogP contribution < -0.4 is 5.32 Å². The van der Waals surface area contributed by atoms with Gasteiger partial charge in [0.25, 0.3) is 0 Å². The van der Waals surface area contributed by atoms with Gasteiger partial charge in [-0.05, 0) is 68.1 Å². The number of rotatable bonds is 1. The summed E-state index contributed by atoms with van der Waals surface area (Å²) in [5.41, 5.74) is 2.03. The van der Waals surface area contributed by atoms with Crippen molar-refractivity contribution in [1.82, 2.24) is 14.9 Å². The molecule has 3 aliphatic carbocycles. The molecular formula is C22H31N3O. The van der Waals surface area contributed by atoms with E-state index in [0.29, 0.717) is 11.3 Å². The highest BCUT2D eigenvalue weighted by Gasteiger charge is 2.59.